The standard InChI is InChI=1S/C17H26ClN3O4S/c1-11-9-21(10-12(2)25-11)13(3)17(22)19-14-6-7-15(18)16(8-14)26(23,24)20(4)5/h6-8,11-13H,9-10H2,1-5H3,(H,19,22)/t11-,12+,13-/m0/s1. The lowest BCUT2D eigenvalue weighted by Crippen LogP contribution is -2.52. The van der Waals surface area contributed by atoms with Gasteiger partial charge in [0.1, 0.15) is 4.90 Å². The van der Waals surface area contributed by atoms with E-state index in [0.29, 0.717) is 18.8 Å². The molecule has 26 heavy (non-hydrogen) atoms. The molecular formula is C17H26ClN3O4S. The summed E-state index contributed by atoms with van der Waals surface area (Å²) in [5.74, 6) is -0.207. The second kappa shape index (κ2) is 8.22. The van der Waals surface area contributed by atoms with Gasteiger partial charge in [0.05, 0.1) is 23.3 Å². The Labute approximate surface area is 160 Å². The van der Waals surface area contributed by atoms with E-state index in [4.69, 9.17) is 16.3 Å². The van der Waals surface area contributed by atoms with Crippen molar-refractivity contribution in [2.24, 2.45) is 0 Å². The number of amides is 1. The van der Waals surface area contributed by atoms with Crippen molar-refractivity contribution < 1.29 is 17.9 Å². The minimum absolute atomic E-state index is 0.0387. The molecule has 1 fully saturated rings. The number of sulfonamides is 1. The quantitative estimate of drug-likeness (QED) is 0.813. The maximum absolute atomic E-state index is 12.6. The van der Waals surface area contributed by atoms with Crippen molar-refractivity contribution in [3.8, 4) is 0 Å². The summed E-state index contributed by atoms with van der Waals surface area (Å²) in [6.45, 7) is 7.11. The summed E-state index contributed by atoms with van der Waals surface area (Å²) in [5, 5.41) is 2.90. The first-order valence-corrected chi connectivity index (χ1v) is 10.3. The number of carbonyl (C=O) groups is 1. The molecule has 2 rings (SSSR count). The summed E-state index contributed by atoms with van der Waals surface area (Å²) >= 11 is 6.04. The number of anilines is 1. The van der Waals surface area contributed by atoms with E-state index in [9.17, 15) is 13.2 Å². The van der Waals surface area contributed by atoms with Crippen LogP contribution in [0.4, 0.5) is 5.69 Å². The zero-order valence-electron chi connectivity index (χ0n) is 15.7. The van der Waals surface area contributed by atoms with Gasteiger partial charge in [-0.3, -0.25) is 9.69 Å². The van der Waals surface area contributed by atoms with Crippen LogP contribution in [0.25, 0.3) is 0 Å². The molecule has 0 aromatic heterocycles. The number of hydrogen-bond acceptors (Lipinski definition) is 5. The van der Waals surface area contributed by atoms with Gasteiger partial charge in [-0.15, -0.1) is 0 Å². The van der Waals surface area contributed by atoms with Crippen molar-refractivity contribution >= 4 is 33.2 Å². The number of nitrogens with one attached hydrogen (secondary N) is 1. The molecule has 1 N–H and O–H groups in total. The van der Waals surface area contributed by atoms with Crippen LogP contribution >= 0.6 is 11.6 Å². The van der Waals surface area contributed by atoms with Gasteiger partial charge in [0, 0.05) is 32.9 Å². The molecule has 1 heterocycles. The first-order valence-electron chi connectivity index (χ1n) is 8.44. The molecule has 0 aliphatic carbocycles. The fourth-order valence-corrected chi connectivity index (χ4v) is 4.32. The molecule has 0 saturated carbocycles. The average Bonchev–Trinajstić information content (AvgIpc) is 2.54. The molecule has 3 atom stereocenters. The lowest BCUT2D eigenvalue weighted by atomic mass is 10.1. The molecular weight excluding hydrogens is 378 g/mol. The molecule has 1 aromatic rings. The van der Waals surface area contributed by atoms with E-state index in [2.05, 4.69) is 10.2 Å². The van der Waals surface area contributed by atoms with Crippen molar-refractivity contribution in [3.05, 3.63) is 23.2 Å². The Morgan fingerprint density at radius 2 is 1.88 bits per heavy atom. The number of ether oxygens (including phenoxy) is 1. The highest BCUT2D eigenvalue weighted by molar-refractivity contribution is 7.89. The molecule has 0 spiro atoms. The molecule has 146 valence electrons. The smallest absolute Gasteiger partial charge is 0.244 e. The molecule has 1 saturated heterocycles. The number of morpholine rings is 1. The fourth-order valence-electron chi connectivity index (χ4n) is 2.92. The summed E-state index contributed by atoms with van der Waals surface area (Å²) in [7, 11) is -0.837. The Morgan fingerprint density at radius 3 is 2.42 bits per heavy atom. The highest BCUT2D eigenvalue weighted by Crippen LogP contribution is 2.27. The number of halogens is 1. The molecule has 1 amide bonds. The van der Waals surface area contributed by atoms with E-state index in [1.165, 1.54) is 26.2 Å². The Hall–Kier alpha value is -1.19. The number of carbonyl (C=O) groups excluding carboxylic acids is 1. The Balaban J connectivity index is 2.16. The van der Waals surface area contributed by atoms with Gasteiger partial charge in [-0.05, 0) is 39.0 Å². The summed E-state index contributed by atoms with van der Waals surface area (Å²) in [4.78, 5) is 14.6. The maximum Gasteiger partial charge on any atom is 0.244 e. The van der Waals surface area contributed by atoms with Crippen LogP contribution in [0.15, 0.2) is 23.1 Å². The summed E-state index contributed by atoms with van der Waals surface area (Å²) in [5.41, 5.74) is 0.390. The van der Waals surface area contributed by atoms with Gasteiger partial charge in [-0.25, -0.2) is 12.7 Å². The van der Waals surface area contributed by atoms with E-state index < -0.39 is 10.0 Å². The minimum atomic E-state index is -3.70. The van der Waals surface area contributed by atoms with Gasteiger partial charge in [0.25, 0.3) is 0 Å². The topological polar surface area (TPSA) is 79.0 Å². The number of benzene rings is 1. The lowest BCUT2D eigenvalue weighted by molar-refractivity contribution is -0.126. The molecule has 9 heteroatoms. The fraction of sp³-hybridized carbons (Fsp3) is 0.588. The Kier molecular flexibility index (Phi) is 6.68. The van der Waals surface area contributed by atoms with E-state index >= 15 is 0 Å². The molecule has 1 aliphatic rings. The summed E-state index contributed by atoms with van der Waals surface area (Å²) < 4.78 is 31.5. The highest BCUT2D eigenvalue weighted by Gasteiger charge is 2.29. The summed E-state index contributed by atoms with van der Waals surface area (Å²) in [6.07, 6.45) is 0.114. The predicted molar refractivity (Wildman–Crippen MR) is 102 cm³/mol. The Bertz CT molecular complexity index is 759. The zero-order valence-corrected chi connectivity index (χ0v) is 17.3. The molecule has 1 aliphatic heterocycles. The SMILES string of the molecule is C[C@@H]1CN([C@@H](C)C(=O)Nc2ccc(Cl)c(S(=O)(=O)N(C)C)c2)C[C@H](C)O1. The number of hydrogen-bond donors (Lipinski definition) is 1. The third-order valence-electron chi connectivity index (χ3n) is 4.33. The third kappa shape index (κ3) is 4.75. The van der Waals surface area contributed by atoms with Gasteiger partial charge in [0.15, 0.2) is 0 Å². The van der Waals surface area contributed by atoms with Gasteiger partial charge in [-0.2, -0.15) is 0 Å². The second-order valence-electron chi connectivity index (χ2n) is 6.81. The van der Waals surface area contributed by atoms with Gasteiger partial charge in [-0.1, -0.05) is 11.6 Å². The normalized spacial score (nSPS) is 23.0. The molecule has 0 unspecified atom stereocenters. The van der Waals surface area contributed by atoms with E-state index in [0.717, 1.165) is 4.31 Å². The third-order valence-corrected chi connectivity index (χ3v) is 6.63. The number of nitrogens with zero attached hydrogens (tertiary/aromatic N) is 2. The van der Waals surface area contributed by atoms with E-state index in [1.807, 2.05) is 20.8 Å². The summed E-state index contributed by atoms with van der Waals surface area (Å²) in [6, 6.07) is 4.07. The molecule has 7 nitrogen and oxygen atoms in total. The van der Waals surface area contributed by atoms with Crippen LogP contribution in [0.1, 0.15) is 20.8 Å². The highest BCUT2D eigenvalue weighted by atomic mass is 35.5. The predicted octanol–water partition coefficient (Wildman–Crippen LogP) is 2.03. The largest absolute Gasteiger partial charge is 0.373 e. The molecule has 1 aromatic carbocycles. The van der Waals surface area contributed by atoms with Crippen molar-refractivity contribution in [1.82, 2.24) is 9.21 Å². The van der Waals surface area contributed by atoms with Crippen molar-refractivity contribution in [3.63, 3.8) is 0 Å². The van der Waals surface area contributed by atoms with Gasteiger partial charge < -0.3 is 10.1 Å². The number of rotatable bonds is 5. The van der Waals surface area contributed by atoms with Crippen molar-refractivity contribution in [2.45, 2.75) is 43.9 Å². The van der Waals surface area contributed by atoms with Gasteiger partial charge >= 0.3 is 0 Å². The molecule has 0 radical (unpaired) electrons. The monoisotopic (exact) mass is 403 g/mol. The Morgan fingerprint density at radius 1 is 1.31 bits per heavy atom. The van der Waals surface area contributed by atoms with Crippen LogP contribution in [0.2, 0.25) is 5.02 Å². The zero-order chi connectivity index (χ0) is 19.6. The van der Waals surface area contributed by atoms with Crippen LogP contribution in [-0.2, 0) is 19.6 Å². The second-order valence-corrected chi connectivity index (χ2v) is 9.34. The first kappa shape index (κ1) is 21.1. The first-order chi connectivity index (χ1) is 12.0. The van der Waals surface area contributed by atoms with Crippen LogP contribution in [0.3, 0.4) is 0 Å². The van der Waals surface area contributed by atoms with E-state index in [1.54, 1.807) is 6.07 Å². The van der Waals surface area contributed by atoms with Gasteiger partial charge in [0.2, 0.25) is 15.9 Å². The van der Waals surface area contributed by atoms with Crippen LogP contribution < -0.4 is 5.32 Å². The maximum atomic E-state index is 12.6. The van der Waals surface area contributed by atoms with Crippen LogP contribution in [0.5, 0.6) is 0 Å². The van der Waals surface area contributed by atoms with Crippen LogP contribution in [0, 0.1) is 0 Å². The minimum Gasteiger partial charge on any atom is -0.373 e. The van der Waals surface area contributed by atoms with E-state index in [-0.39, 0.29) is 34.1 Å². The average molecular weight is 404 g/mol. The van der Waals surface area contributed by atoms with Crippen molar-refractivity contribution in [2.75, 3.05) is 32.5 Å². The van der Waals surface area contributed by atoms with Crippen LogP contribution in [-0.4, -0.2) is 69.0 Å². The lowest BCUT2D eigenvalue weighted by Gasteiger charge is -2.38. The molecule has 0 bridgehead atoms. The van der Waals surface area contributed by atoms with Crippen molar-refractivity contribution in [1.29, 1.82) is 0 Å².